The SMILES string of the molecule is CCOC(CSc1ccc(N)cc1Cl)OCC. The molecule has 0 atom stereocenters. The normalized spacial score (nSPS) is 11.1. The van der Waals surface area contributed by atoms with Gasteiger partial charge in [-0.15, -0.1) is 11.8 Å². The fourth-order valence-electron chi connectivity index (χ4n) is 1.31. The third kappa shape index (κ3) is 5.17. The molecule has 0 fully saturated rings. The van der Waals surface area contributed by atoms with E-state index in [0.717, 1.165) is 4.90 Å². The van der Waals surface area contributed by atoms with Crippen LogP contribution in [0.3, 0.4) is 0 Å². The van der Waals surface area contributed by atoms with Gasteiger partial charge in [0, 0.05) is 29.5 Å². The van der Waals surface area contributed by atoms with Crippen molar-refractivity contribution in [1.29, 1.82) is 0 Å². The second kappa shape index (κ2) is 7.82. The van der Waals surface area contributed by atoms with E-state index in [-0.39, 0.29) is 6.29 Å². The minimum Gasteiger partial charge on any atom is -0.399 e. The van der Waals surface area contributed by atoms with E-state index in [2.05, 4.69) is 0 Å². The molecule has 1 rings (SSSR count). The first-order chi connectivity index (χ1) is 8.17. The van der Waals surface area contributed by atoms with E-state index in [4.69, 9.17) is 26.8 Å². The van der Waals surface area contributed by atoms with E-state index in [1.165, 1.54) is 0 Å². The summed E-state index contributed by atoms with van der Waals surface area (Å²) in [4.78, 5) is 0.991. The Hall–Kier alpha value is -0.420. The number of thioether (sulfide) groups is 1. The lowest BCUT2D eigenvalue weighted by Gasteiger charge is -2.16. The van der Waals surface area contributed by atoms with Crippen LogP contribution in [-0.2, 0) is 9.47 Å². The minimum atomic E-state index is -0.191. The highest BCUT2D eigenvalue weighted by Crippen LogP contribution is 2.29. The van der Waals surface area contributed by atoms with Crippen molar-refractivity contribution in [2.24, 2.45) is 0 Å². The molecule has 0 aliphatic heterocycles. The van der Waals surface area contributed by atoms with Crippen molar-refractivity contribution in [2.75, 3.05) is 24.7 Å². The van der Waals surface area contributed by atoms with Gasteiger partial charge in [0.05, 0.1) is 5.02 Å². The summed E-state index contributed by atoms with van der Waals surface area (Å²) in [5.41, 5.74) is 6.31. The number of halogens is 1. The number of nitrogen functional groups attached to an aromatic ring is 1. The molecule has 0 amide bonds. The molecule has 0 aliphatic carbocycles. The number of rotatable bonds is 7. The average Bonchev–Trinajstić information content (AvgIpc) is 2.28. The largest absolute Gasteiger partial charge is 0.399 e. The van der Waals surface area contributed by atoms with E-state index in [1.54, 1.807) is 17.8 Å². The fraction of sp³-hybridized carbons (Fsp3) is 0.500. The van der Waals surface area contributed by atoms with Crippen molar-refractivity contribution in [3.63, 3.8) is 0 Å². The molecule has 0 aliphatic rings. The maximum absolute atomic E-state index is 6.08. The summed E-state index contributed by atoms with van der Waals surface area (Å²) in [5, 5.41) is 0.668. The highest BCUT2D eigenvalue weighted by molar-refractivity contribution is 7.99. The Bertz CT molecular complexity index is 343. The molecule has 0 saturated heterocycles. The fourth-order valence-corrected chi connectivity index (χ4v) is 2.53. The topological polar surface area (TPSA) is 44.5 Å². The molecule has 0 unspecified atom stereocenters. The predicted molar refractivity (Wildman–Crippen MR) is 73.6 cm³/mol. The zero-order valence-electron chi connectivity index (χ0n) is 10.1. The third-order valence-electron chi connectivity index (χ3n) is 2.04. The van der Waals surface area contributed by atoms with Crippen LogP contribution in [-0.4, -0.2) is 25.3 Å². The summed E-state index contributed by atoms with van der Waals surface area (Å²) < 4.78 is 10.9. The monoisotopic (exact) mass is 275 g/mol. The van der Waals surface area contributed by atoms with E-state index >= 15 is 0 Å². The van der Waals surface area contributed by atoms with Gasteiger partial charge in [-0.05, 0) is 32.0 Å². The molecule has 5 heteroatoms. The van der Waals surface area contributed by atoms with Crippen molar-refractivity contribution in [2.45, 2.75) is 25.0 Å². The molecule has 1 aromatic carbocycles. The Balaban J connectivity index is 2.52. The van der Waals surface area contributed by atoms with Crippen molar-refractivity contribution in [3.8, 4) is 0 Å². The molecule has 0 bridgehead atoms. The molecule has 1 aromatic rings. The van der Waals surface area contributed by atoms with Crippen LogP contribution >= 0.6 is 23.4 Å². The van der Waals surface area contributed by atoms with Gasteiger partial charge in [0.1, 0.15) is 0 Å². The standard InChI is InChI=1S/C12H18ClNO2S/c1-3-15-12(16-4-2)8-17-11-6-5-9(14)7-10(11)13/h5-7,12H,3-4,8,14H2,1-2H3. The van der Waals surface area contributed by atoms with Crippen LogP contribution in [0.15, 0.2) is 23.1 Å². The molecule has 0 saturated carbocycles. The number of nitrogens with two attached hydrogens (primary N) is 1. The van der Waals surface area contributed by atoms with Crippen LogP contribution in [0.2, 0.25) is 5.02 Å². The Kier molecular flexibility index (Phi) is 6.73. The molecule has 0 aromatic heterocycles. The molecule has 17 heavy (non-hydrogen) atoms. The van der Waals surface area contributed by atoms with Gasteiger partial charge < -0.3 is 15.2 Å². The zero-order valence-corrected chi connectivity index (χ0v) is 11.7. The predicted octanol–water partition coefficient (Wildman–Crippen LogP) is 3.41. The van der Waals surface area contributed by atoms with Crippen LogP contribution in [0.1, 0.15) is 13.8 Å². The minimum absolute atomic E-state index is 0.191. The van der Waals surface area contributed by atoms with Crippen molar-refractivity contribution in [3.05, 3.63) is 23.2 Å². The first-order valence-corrected chi connectivity index (χ1v) is 6.94. The summed E-state index contributed by atoms with van der Waals surface area (Å²) in [6.45, 7) is 5.18. The molecular weight excluding hydrogens is 258 g/mol. The van der Waals surface area contributed by atoms with Gasteiger partial charge in [-0.25, -0.2) is 0 Å². The first kappa shape index (κ1) is 14.6. The van der Waals surface area contributed by atoms with E-state index in [9.17, 15) is 0 Å². The zero-order chi connectivity index (χ0) is 12.7. The summed E-state index contributed by atoms with van der Waals surface area (Å²) >= 11 is 7.69. The van der Waals surface area contributed by atoms with Crippen molar-refractivity contribution >= 4 is 29.1 Å². The van der Waals surface area contributed by atoms with Crippen molar-refractivity contribution in [1.82, 2.24) is 0 Å². The van der Waals surface area contributed by atoms with Crippen molar-refractivity contribution < 1.29 is 9.47 Å². The second-order valence-corrected chi connectivity index (χ2v) is 4.81. The van der Waals surface area contributed by atoms with Gasteiger partial charge in [0.25, 0.3) is 0 Å². The molecule has 0 heterocycles. The lowest BCUT2D eigenvalue weighted by atomic mass is 10.3. The van der Waals surface area contributed by atoms with Gasteiger partial charge in [0.2, 0.25) is 0 Å². The van der Waals surface area contributed by atoms with Crippen LogP contribution in [0.4, 0.5) is 5.69 Å². The molecular formula is C12H18ClNO2S. The van der Waals surface area contributed by atoms with Crippen LogP contribution in [0.25, 0.3) is 0 Å². The number of ether oxygens (including phenoxy) is 2. The second-order valence-electron chi connectivity index (χ2n) is 3.34. The smallest absolute Gasteiger partial charge is 0.166 e. The Morgan fingerprint density at radius 2 is 1.94 bits per heavy atom. The molecule has 0 spiro atoms. The number of anilines is 1. The number of benzene rings is 1. The number of hydrogen-bond acceptors (Lipinski definition) is 4. The molecule has 0 radical (unpaired) electrons. The Morgan fingerprint density at radius 3 is 2.47 bits per heavy atom. The average molecular weight is 276 g/mol. The van der Waals surface area contributed by atoms with Crippen LogP contribution < -0.4 is 5.73 Å². The Morgan fingerprint density at radius 1 is 1.29 bits per heavy atom. The summed E-state index contributed by atoms with van der Waals surface area (Å²) in [7, 11) is 0. The van der Waals surface area contributed by atoms with Gasteiger partial charge in [-0.2, -0.15) is 0 Å². The van der Waals surface area contributed by atoms with E-state index in [1.807, 2.05) is 26.0 Å². The summed E-state index contributed by atoms with van der Waals surface area (Å²) in [6.07, 6.45) is -0.191. The molecule has 96 valence electrons. The lowest BCUT2D eigenvalue weighted by molar-refractivity contribution is -0.120. The quantitative estimate of drug-likeness (QED) is 0.470. The molecule has 3 nitrogen and oxygen atoms in total. The van der Waals surface area contributed by atoms with Gasteiger partial charge in [-0.3, -0.25) is 0 Å². The van der Waals surface area contributed by atoms with Crippen LogP contribution in [0.5, 0.6) is 0 Å². The van der Waals surface area contributed by atoms with Gasteiger partial charge in [-0.1, -0.05) is 11.6 Å². The van der Waals surface area contributed by atoms with Gasteiger partial charge >= 0.3 is 0 Å². The highest BCUT2D eigenvalue weighted by atomic mass is 35.5. The summed E-state index contributed by atoms with van der Waals surface area (Å²) in [5.74, 6) is 0.714. The van der Waals surface area contributed by atoms with Gasteiger partial charge in [0.15, 0.2) is 6.29 Å². The summed E-state index contributed by atoms with van der Waals surface area (Å²) in [6, 6.07) is 5.50. The van der Waals surface area contributed by atoms with Crippen LogP contribution in [0, 0.1) is 0 Å². The maximum Gasteiger partial charge on any atom is 0.166 e. The maximum atomic E-state index is 6.08. The number of hydrogen-bond donors (Lipinski definition) is 1. The van der Waals surface area contributed by atoms with E-state index in [0.29, 0.717) is 29.7 Å². The Labute approximate surface area is 112 Å². The third-order valence-corrected chi connectivity index (χ3v) is 3.57. The lowest BCUT2D eigenvalue weighted by Crippen LogP contribution is -2.19. The highest BCUT2D eigenvalue weighted by Gasteiger charge is 2.10. The molecule has 2 N–H and O–H groups in total. The first-order valence-electron chi connectivity index (χ1n) is 5.58. The van der Waals surface area contributed by atoms with E-state index < -0.39 is 0 Å².